The van der Waals surface area contributed by atoms with Crippen LogP contribution < -0.4 is 5.32 Å². The van der Waals surface area contributed by atoms with Gasteiger partial charge in [0.25, 0.3) is 0 Å². The average Bonchev–Trinajstić information content (AvgIpc) is 3.66. The van der Waals surface area contributed by atoms with Crippen molar-refractivity contribution in [2.24, 2.45) is 0 Å². The molecule has 3 N–H and O–H groups in total. The van der Waals surface area contributed by atoms with E-state index in [1.165, 1.54) is 0 Å². The Hall–Kier alpha value is -4.44. The van der Waals surface area contributed by atoms with Crippen molar-refractivity contribution in [3.8, 4) is 33.8 Å². The van der Waals surface area contributed by atoms with Gasteiger partial charge in [-0.25, -0.2) is 15.0 Å². The van der Waals surface area contributed by atoms with E-state index in [2.05, 4.69) is 53.8 Å². The summed E-state index contributed by atoms with van der Waals surface area (Å²) in [5, 5.41) is 15.4. The van der Waals surface area contributed by atoms with Crippen molar-refractivity contribution in [3.05, 3.63) is 59.8 Å². The molecule has 178 valence electrons. The minimum absolute atomic E-state index is 0.0122. The van der Waals surface area contributed by atoms with Gasteiger partial charge in [0, 0.05) is 41.7 Å². The highest BCUT2D eigenvalue weighted by Gasteiger charge is 2.17. The minimum Gasteiger partial charge on any atom is -0.325 e. The number of pyridine rings is 3. The first-order valence-corrected chi connectivity index (χ1v) is 12.6. The van der Waals surface area contributed by atoms with Gasteiger partial charge in [0.1, 0.15) is 11.2 Å². The van der Waals surface area contributed by atoms with Gasteiger partial charge in [0.15, 0.2) is 17.1 Å². The summed E-state index contributed by atoms with van der Waals surface area (Å²) in [7, 11) is 0. The lowest BCUT2D eigenvalue weighted by Crippen LogP contribution is -2.11. The summed E-state index contributed by atoms with van der Waals surface area (Å²) in [6.45, 7) is 2.06. The van der Waals surface area contributed by atoms with Gasteiger partial charge in [-0.05, 0) is 47.0 Å². The van der Waals surface area contributed by atoms with Crippen LogP contribution in [0.5, 0.6) is 0 Å². The van der Waals surface area contributed by atoms with Gasteiger partial charge in [-0.1, -0.05) is 13.3 Å². The molecule has 0 atom stereocenters. The molecule has 0 saturated heterocycles. The zero-order chi connectivity index (χ0) is 24.5. The lowest BCUT2D eigenvalue weighted by Gasteiger charge is -2.07. The third kappa shape index (κ3) is 4.11. The summed E-state index contributed by atoms with van der Waals surface area (Å²) in [4.78, 5) is 33.7. The Balaban J connectivity index is 1.37. The molecule has 0 unspecified atom stereocenters. The molecule has 9 nitrogen and oxygen atoms in total. The number of nitrogens with one attached hydrogen (secondary N) is 3. The van der Waals surface area contributed by atoms with Crippen molar-refractivity contribution in [2.75, 3.05) is 5.32 Å². The number of imidazole rings is 1. The predicted octanol–water partition coefficient (Wildman–Crippen LogP) is 5.82. The van der Waals surface area contributed by atoms with Gasteiger partial charge in [0.05, 0.1) is 17.3 Å². The first kappa shape index (κ1) is 22.1. The van der Waals surface area contributed by atoms with E-state index < -0.39 is 0 Å². The van der Waals surface area contributed by atoms with Crippen molar-refractivity contribution in [2.45, 2.75) is 26.2 Å². The molecule has 6 aromatic rings. The number of hydrogen-bond acceptors (Lipinski definition) is 7. The monoisotopic (exact) mass is 494 g/mol. The number of anilines is 1. The molecule has 0 aliphatic heterocycles. The summed E-state index contributed by atoms with van der Waals surface area (Å²) in [6, 6.07) is 7.94. The molecule has 0 fully saturated rings. The first-order chi connectivity index (χ1) is 17.7. The number of fused-ring (bicyclic) bond motifs is 2. The van der Waals surface area contributed by atoms with Crippen molar-refractivity contribution < 1.29 is 4.79 Å². The van der Waals surface area contributed by atoms with E-state index in [-0.39, 0.29) is 5.91 Å². The summed E-state index contributed by atoms with van der Waals surface area (Å²) in [5.41, 5.74) is 7.29. The van der Waals surface area contributed by atoms with E-state index in [1.807, 2.05) is 23.6 Å². The number of carbonyl (C=O) groups excluding carboxylic acids is 1. The maximum atomic E-state index is 12.2. The van der Waals surface area contributed by atoms with Crippen LogP contribution in [0.1, 0.15) is 26.2 Å². The van der Waals surface area contributed by atoms with Gasteiger partial charge in [-0.3, -0.25) is 14.9 Å². The Kier molecular flexibility index (Phi) is 5.70. The molecule has 0 radical (unpaired) electrons. The number of rotatable bonds is 7. The average molecular weight is 495 g/mol. The number of carbonyl (C=O) groups is 1. The standard InChI is InChI=1S/C26H22N8OS/c1-2-3-4-21(35)30-18-9-16(11-27-13-18)17-10-20-23(33-34-24(20)29-12-17)26-31-22-19(15-6-8-36-14-15)5-7-28-25(22)32-26/h5-14H,2-4H2,1H3,(H,30,35)(H,28,31,32)(H,29,33,34). The molecular formula is C26H22N8OS. The fourth-order valence-corrected chi connectivity index (χ4v) is 4.80. The lowest BCUT2D eigenvalue weighted by molar-refractivity contribution is -0.116. The molecule has 0 bridgehead atoms. The molecule has 6 heterocycles. The van der Waals surface area contributed by atoms with Crippen LogP contribution in [0.25, 0.3) is 56.0 Å². The van der Waals surface area contributed by atoms with Crippen LogP contribution >= 0.6 is 11.3 Å². The second-order valence-electron chi connectivity index (χ2n) is 8.46. The Morgan fingerprint density at radius 2 is 1.97 bits per heavy atom. The predicted molar refractivity (Wildman–Crippen MR) is 141 cm³/mol. The fraction of sp³-hybridized carbons (Fsp3) is 0.154. The summed E-state index contributed by atoms with van der Waals surface area (Å²) in [5.74, 6) is 0.599. The smallest absolute Gasteiger partial charge is 0.224 e. The Morgan fingerprint density at radius 1 is 1.06 bits per heavy atom. The van der Waals surface area contributed by atoms with Crippen molar-refractivity contribution in [3.63, 3.8) is 0 Å². The lowest BCUT2D eigenvalue weighted by atomic mass is 10.1. The zero-order valence-corrected chi connectivity index (χ0v) is 20.3. The molecule has 0 saturated carbocycles. The van der Waals surface area contributed by atoms with Crippen molar-refractivity contribution in [1.29, 1.82) is 0 Å². The normalized spacial score (nSPS) is 11.4. The number of aromatic nitrogens is 7. The summed E-state index contributed by atoms with van der Waals surface area (Å²) in [6.07, 6.45) is 9.26. The number of amides is 1. The molecule has 0 aliphatic rings. The third-order valence-corrected chi connectivity index (χ3v) is 6.65. The van der Waals surface area contributed by atoms with E-state index in [0.29, 0.717) is 34.9 Å². The van der Waals surface area contributed by atoms with Gasteiger partial charge in [-0.15, -0.1) is 0 Å². The zero-order valence-electron chi connectivity index (χ0n) is 19.4. The number of H-pyrrole nitrogens is 2. The number of aromatic amines is 2. The molecule has 1 amide bonds. The van der Waals surface area contributed by atoms with Crippen LogP contribution in [-0.2, 0) is 4.79 Å². The number of nitrogens with zero attached hydrogens (tertiary/aromatic N) is 5. The van der Waals surface area contributed by atoms with Crippen LogP contribution in [0.15, 0.2) is 59.8 Å². The van der Waals surface area contributed by atoms with Gasteiger partial charge >= 0.3 is 0 Å². The number of hydrogen-bond donors (Lipinski definition) is 3. The molecule has 0 aromatic carbocycles. The SMILES string of the molecule is CCCCC(=O)Nc1cncc(-c2cnc3[nH]nc(-c4nc5c(-c6ccsc6)ccnc5[nH]4)c3c2)c1. The summed E-state index contributed by atoms with van der Waals surface area (Å²) >= 11 is 1.64. The van der Waals surface area contributed by atoms with Gasteiger partial charge < -0.3 is 10.3 Å². The van der Waals surface area contributed by atoms with E-state index in [9.17, 15) is 4.79 Å². The van der Waals surface area contributed by atoms with E-state index >= 15 is 0 Å². The van der Waals surface area contributed by atoms with E-state index in [0.717, 1.165) is 46.0 Å². The quantitative estimate of drug-likeness (QED) is 0.257. The highest BCUT2D eigenvalue weighted by molar-refractivity contribution is 7.08. The topological polar surface area (TPSA) is 125 Å². The van der Waals surface area contributed by atoms with Crippen LogP contribution in [0.3, 0.4) is 0 Å². The molecular weight excluding hydrogens is 472 g/mol. The number of unbranched alkanes of at least 4 members (excludes halogenated alkanes) is 1. The Morgan fingerprint density at radius 3 is 2.83 bits per heavy atom. The highest BCUT2D eigenvalue weighted by atomic mass is 32.1. The molecule has 36 heavy (non-hydrogen) atoms. The third-order valence-electron chi connectivity index (χ3n) is 5.97. The van der Waals surface area contributed by atoms with Crippen molar-refractivity contribution >= 4 is 45.1 Å². The Bertz CT molecular complexity index is 1690. The van der Waals surface area contributed by atoms with Crippen LogP contribution in [0.4, 0.5) is 5.69 Å². The molecule has 10 heteroatoms. The first-order valence-electron chi connectivity index (χ1n) is 11.7. The van der Waals surface area contributed by atoms with Crippen LogP contribution in [0, 0.1) is 0 Å². The Labute approximate surface area is 210 Å². The molecule has 0 aliphatic carbocycles. The molecule has 6 rings (SSSR count). The number of thiophene rings is 1. The molecule has 6 aromatic heterocycles. The maximum absolute atomic E-state index is 12.2. The van der Waals surface area contributed by atoms with Crippen molar-refractivity contribution in [1.82, 2.24) is 35.1 Å². The van der Waals surface area contributed by atoms with Gasteiger partial charge in [-0.2, -0.15) is 16.4 Å². The van der Waals surface area contributed by atoms with Gasteiger partial charge in [0.2, 0.25) is 5.91 Å². The van der Waals surface area contributed by atoms with Crippen LogP contribution in [-0.4, -0.2) is 41.0 Å². The van der Waals surface area contributed by atoms with Crippen LogP contribution in [0.2, 0.25) is 0 Å². The molecule has 0 spiro atoms. The minimum atomic E-state index is -0.0122. The second kappa shape index (κ2) is 9.31. The highest BCUT2D eigenvalue weighted by Crippen LogP contribution is 2.32. The fourth-order valence-electron chi connectivity index (χ4n) is 4.14. The van der Waals surface area contributed by atoms with E-state index in [1.54, 1.807) is 36.1 Å². The van der Waals surface area contributed by atoms with E-state index in [4.69, 9.17) is 4.98 Å². The second-order valence-corrected chi connectivity index (χ2v) is 9.24. The maximum Gasteiger partial charge on any atom is 0.224 e. The largest absolute Gasteiger partial charge is 0.325 e. The summed E-state index contributed by atoms with van der Waals surface area (Å²) < 4.78 is 0.